The van der Waals surface area contributed by atoms with Crippen LogP contribution in [0.15, 0.2) is 17.4 Å². The fourth-order valence-corrected chi connectivity index (χ4v) is 3.92. The summed E-state index contributed by atoms with van der Waals surface area (Å²) in [5.41, 5.74) is -3.04. The minimum Gasteiger partial charge on any atom is -0.374 e. The number of nitrogens with one attached hydrogen (secondary N) is 2. The molecule has 1 saturated carbocycles. The summed E-state index contributed by atoms with van der Waals surface area (Å²) in [6, 6.07) is 0.263. The molecule has 6 nitrogen and oxygen atoms in total. The second-order valence-electron chi connectivity index (χ2n) is 8.23. The van der Waals surface area contributed by atoms with Crippen molar-refractivity contribution in [2.45, 2.75) is 70.7 Å². The summed E-state index contributed by atoms with van der Waals surface area (Å²) in [6.45, 7) is 6.82. The van der Waals surface area contributed by atoms with Gasteiger partial charge < -0.3 is 20.3 Å². The molecule has 1 aromatic heterocycles. The van der Waals surface area contributed by atoms with Crippen molar-refractivity contribution >= 4 is 29.9 Å². The maximum absolute atomic E-state index is 13.6. The van der Waals surface area contributed by atoms with E-state index in [9.17, 15) is 18.3 Å². The summed E-state index contributed by atoms with van der Waals surface area (Å²) in [6.07, 6.45) is 1.51. The summed E-state index contributed by atoms with van der Waals surface area (Å²) < 4.78 is 42.0. The van der Waals surface area contributed by atoms with E-state index in [-0.39, 0.29) is 36.6 Å². The number of imidazole rings is 1. The topological polar surface area (TPSA) is 74.5 Å². The van der Waals surface area contributed by atoms with E-state index in [0.29, 0.717) is 18.4 Å². The van der Waals surface area contributed by atoms with E-state index >= 15 is 0 Å². The van der Waals surface area contributed by atoms with Crippen LogP contribution < -0.4 is 10.6 Å². The molecular formula is C20H35F3IN5O. The fourth-order valence-electron chi connectivity index (χ4n) is 3.92. The van der Waals surface area contributed by atoms with Gasteiger partial charge in [-0.05, 0) is 44.4 Å². The number of hydrogen-bond acceptors (Lipinski definition) is 3. The number of hydrogen-bond donors (Lipinski definition) is 3. The fraction of sp³-hybridized carbons (Fsp3) is 0.800. The molecule has 1 aliphatic rings. The van der Waals surface area contributed by atoms with Crippen LogP contribution >= 0.6 is 24.0 Å². The molecule has 2 rings (SSSR count). The molecule has 1 aromatic rings. The zero-order valence-corrected chi connectivity index (χ0v) is 20.5. The molecule has 0 saturated heterocycles. The number of nitrogens with zero attached hydrogens (tertiary/aromatic N) is 3. The van der Waals surface area contributed by atoms with E-state index < -0.39 is 24.0 Å². The summed E-state index contributed by atoms with van der Waals surface area (Å²) in [5, 5.41) is 16.8. The number of alkyl halides is 3. The highest BCUT2D eigenvalue weighted by Gasteiger charge is 2.57. The van der Waals surface area contributed by atoms with Gasteiger partial charge in [0.1, 0.15) is 5.82 Å². The van der Waals surface area contributed by atoms with E-state index in [0.717, 1.165) is 31.6 Å². The van der Waals surface area contributed by atoms with Gasteiger partial charge in [0.25, 0.3) is 0 Å². The molecule has 10 heteroatoms. The lowest BCUT2D eigenvalue weighted by molar-refractivity contribution is -0.272. The quantitative estimate of drug-likeness (QED) is 0.276. The standard InChI is InChI=1S/C20H34F3N5O.HI/c1-5-24-18(27-16-8-6-15(7-9-16)14(2)3)26-11-10-19(29,20(21,22)23)17-25-12-13-28(17)4;/h12-16,29H,5-11H2,1-4H3,(H2,24,26,27);1H. The van der Waals surface area contributed by atoms with Crippen molar-refractivity contribution < 1.29 is 18.3 Å². The molecule has 0 spiro atoms. The van der Waals surface area contributed by atoms with Crippen molar-refractivity contribution in [2.24, 2.45) is 23.9 Å². The Labute approximate surface area is 194 Å². The van der Waals surface area contributed by atoms with Crippen molar-refractivity contribution in [3.8, 4) is 0 Å². The van der Waals surface area contributed by atoms with Crippen LogP contribution in [-0.2, 0) is 12.6 Å². The number of aromatic nitrogens is 2. The van der Waals surface area contributed by atoms with Gasteiger partial charge in [0.05, 0.1) is 0 Å². The number of aryl methyl sites for hydroxylation is 1. The van der Waals surface area contributed by atoms with Crippen molar-refractivity contribution in [2.75, 3.05) is 13.1 Å². The van der Waals surface area contributed by atoms with E-state index in [4.69, 9.17) is 0 Å². The average Bonchev–Trinajstić information content (AvgIpc) is 3.07. The third-order valence-corrected chi connectivity index (χ3v) is 5.80. The van der Waals surface area contributed by atoms with Crippen molar-refractivity contribution in [1.29, 1.82) is 0 Å². The lowest BCUT2D eigenvalue weighted by Crippen LogP contribution is -2.46. The Bertz CT molecular complexity index is 672. The highest BCUT2D eigenvalue weighted by atomic mass is 127. The molecule has 0 radical (unpaired) electrons. The first-order valence-electron chi connectivity index (χ1n) is 10.4. The monoisotopic (exact) mass is 545 g/mol. The predicted molar refractivity (Wildman–Crippen MR) is 123 cm³/mol. The van der Waals surface area contributed by atoms with E-state index in [2.05, 4.69) is 34.5 Å². The highest BCUT2D eigenvalue weighted by Crippen LogP contribution is 2.40. The zero-order valence-electron chi connectivity index (χ0n) is 18.2. The SMILES string of the molecule is CCNC(=NCCC(O)(c1nccn1C)C(F)(F)F)NC1CCC(C(C)C)CC1.I. The van der Waals surface area contributed by atoms with Gasteiger partial charge >= 0.3 is 6.18 Å². The summed E-state index contributed by atoms with van der Waals surface area (Å²) in [4.78, 5) is 8.01. The van der Waals surface area contributed by atoms with Crippen LogP contribution in [0.1, 0.15) is 58.7 Å². The second-order valence-corrected chi connectivity index (χ2v) is 8.23. The van der Waals surface area contributed by atoms with Crippen molar-refractivity contribution in [3.63, 3.8) is 0 Å². The predicted octanol–water partition coefficient (Wildman–Crippen LogP) is 3.95. The first-order chi connectivity index (χ1) is 13.6. The van der Waals surface area contributed by atoms with E-state index in [1.165, 1.54) is 24.0 Å². The maximum Gasteiger partial charge on any atom is 0.424 e. The van der Waals surface area contributed by atoms with Crippen LogP contribution in [0.5, 0.6) is 0 Å². The van der Waals surface area contributed by atoms with Gasteiger partial charge in [-0.2, -0.15) is 13.2 Å². The largest absolute Gasteiger partial charge is 0.424 e. The molecule has 1 aliphatic carbocycles. The molecule has 0 aliphatic heterocycles. The number of guanidine groups is 1. The molecule has 30 heavy (non-hydrogen) atoms. The molecule has 1 atom stereocenters. The van der Waals surface area contributed by atoms with E-state index in [1.807, 2.05) is 6.92 Å². The summed E-state index contributed by atoms with van der Waals surface area (Å²) in [7, 11) is 1.43. The van der Waals surface area contributed by atoms with Gasteiger partial charge in [-0.15, -0.1) is 24.0 Å². The first kappa shape index (κ1) is 27.0. The van der Waals surface area contributed by atoms with Crippen molar-refractivity contribution in [3.05, 3.63) is 18.2 Å². The Kier molecular flexibility index (Phi) is 10.4. The van der Waals surface area contributed by atoms with Crippen molar-refractivity contribution in [1.82, 2.24) is 20.2 Å². The smallest absolute Gasteiger partial charge is 0.374 e. The van der Waals surface area contributed by atoms with Gasteiger partial charge in [0, 0.05) is 45.0 Å². The lowest BCUT2D eigenvalue weighted by atomic mass is 9.80. The first-order valence-corrected chi connectivity index (χ1v) is 10.4. The molecular weight excluding hydrogens is 510 g/mol. The molecule has 174 valence electrons. The second kappa shape index (κ2) is 11.5. The van der Waals surface area contributed by atoms with Gasteiger partial charge in [-0.1, -0.05) is 13.8 Å². The number of aliphatic hydroxyl groups is 1. The van der Waals surface area contributed by atoms with Gasteiger partial charge in [-0.3, -0.25) is 4.99 Å². The minimum atomic E-state index is -4.84. The normalized spacial score (nSPS) is 22.4. The van der Waals surface area contributed by atoms with Crippen LogP contribution in [0.25, 0.3) is 0 Å². The lowest BCUT2D eigenvalue weighted by Gasteiger charge is -2.32. The molecule has 0 bridgehead atoms. The van der Waals surface area contributed by atoms with Crippen LogP contribution in [-0.4, -0.2) is 45.9 Å². The molecule has 1 unspecified atom stereocenters. The Hall–Kier alpha value is -1.04. The van der Waals surface area contributed by atoms with Crippen LogP contribution in [0.3, 0.4) is 0 Å². The maximum atomic E-state index is 13.6. The molecule has 1 heterocycles. The van der Waals surface area contributed by atoms with Gasteiger partial charge in [-0.25, -0.2) is 4.98 Å². The minimum absolute atomic E-state index is 0. The third kappa shape index (κ3) is 6.73. The molecule has 0 aromatic carbocycles. The zero-order chi connectivity index (χ0) is 21.7. The molecule has 1 fully saturated rings. The highest BCUT2D eigenvalue weighted by molar-refractivity contribution is 14.0. The summed E-state index contributed by atoms with van der Waals surface area (Å²) >= 11 is 0. The molecule has 3 N–H and O–H groups in total. The third-order valence-electron chi connectivity index (χ3n) is 5.80. The van der Waals surface area contributed by atoms with E-state index in [1.54, 1.807) is 0 Å². The Morgan fingerprint density at radius 3 is 2.40 bits per heavy atom. The van der Waals surface area contributed by atoms with Gasteiger partial charge in [0.15, 0.2) is 5.96 Å². The summed E-state index contributed by atoms with van der Waals surface area (Å²) in [5.74, 6) is 1.46. The Balaban J connectivity index is 0.00000450. The Morgan fingerprint density at radius 2 is 1.93 bits per heavy atom. The van der Waals surface area contributed by atoms with Gasteiger partial charge in [0.2, 0.25) is 5.60 Å². The number of aliphatic imine (C=N–C) groups is 1. The average molecular weight is 545 g/mol. The molecule has 0 amide bonds. The van der Waals surface area contributed by atoms with Crippen LogP contribution in [0.4, 0.5) is 13.2 Å². The Morgan fingerprint density at radius 1 is 1.30 bits per heavy atom. The number of halogens is 4. The van der Waals surface area contributed by atoms with Crippen LogP contribution in [0.2, 0.25) is 0 Å². The number of rotatable bonds is 7. The van der Waals surface area contributed by atoms with Crippen LogP contribution in [0, 0.1) is 11.8 Å².